The van der Waals surface area contributed by atoms with E-state index in [4.69, 9.17) is 0 Å². The minimum atomic E-state index is -0.737. The third-order valence-electron chi connectivity index (χ3n) is 3.35. The van der Waals surface area contributed by atoms with Gasteiger partial charge in [-0.15, -0.1) is 0 Å². The van der Waals surface area contributed by atoms with Crippen LogP contribution in [-0.2, 0) is 6.42 Å². The number of nitrogens with zero attached hydrogens (tertiary/aromatic N) is 1. The predicted octanol–water partition coefficient (Wildman–Crippen LogP) is 2.46. The summed E-state index contributed by atoms with van der Waals surface area (Å²) in [4.78, 5) is 28.3. The van der Waals surface area contributed by atoms with Gasteiger partial charge in [0.15, 0.2) is 11.6 Å². The highest BCUT2D eigenvalue weighted by Crippen LogP contribution is 2.29. The maximum atomic E-state index is 13.1. The van der Waals surface area contributed by atoms with Gasteiger partial charge in [-0.1, -0.05) is 0 Å². The van der Waals surface area contributed by atoms with Gasteiger partial charge >= 0.3 is 0 Å². The molecule has 1 atom stereocenters. The van der Waals surface area contributed by atoms with Crippen LogP contribution in [0.4, 0.5) is 4.39 Å². The summed E-state index contributed by atoms with van der Waals surface area (Å²) in [7, 11) is 0. The molecule has 0 radical (unpaired) electrons. The number of benzene rings is 1. The Bertz CT molecular complexity index is 667. The van der Waals surface area contributed by atoms with Gasteiger partial charge in [-0.25, -0.2) is 4.39 Å². The SMILES string of the molecule is O=C(c1ccncc1)C1Cc2cc(F)ccc2C1=O. The van der Waals surface area contributed by atoms with Crippen LogP contribution in [0.25, 0.3) is 0 Å². The molecule has 3 nitrogen and oxygen atoms in total. The van der Waals surface area contributed by atoms with Crippen LogP contribution in [0, 0.1) is 11.7 Å². The third-order valence-corrected chi connectivity index (χ3v) is 3.35. The number of rotatable bonds is 2. The third kappa shape index (κ3) is 1.95. The normalized spacial score (nSPS) is 17.3. The van der Waals surface area contributed by atoms with Gasteiger partial charge in [-0.2, -0.15) is 0 Å². The molecule has 1 aliphatic rings. The highest BCUT2D eigenvalue weighted by molar-refractivity contribution is 6.18. The van der Waals surface area contributed by atoms with Gasteiger partial charge in [0.25, 0.3) is 0 Å². The van der Waals surface area contributed by atoms with Crippen LogP contribution < -0.4 is 0 Å². The molecule has 0 saturated heterocycles. The van der Waals surface area contributed by atoms with E-state index in [0.717, 1.165) is 0 Å². The summed E-state index contributed by atoms with van der Waals surface area (Å²) < 4.78 is 13.1. The molecule has 0 spiro atoms. The first-order chi connectivity index (χ1) is 9.16. The minimum Gasteiger partial charge on any atom is -0.293 e. The number of fused-ring (bicyclic) bond motifs is 1. The number of aromatic nitrogens is 1. The molecular weight excluding hydrogens is 245 g/mol. The highest BCUT2D eigenvalue weighted by atomic mass is 19.1. The number of carbonyl (C=O) groups excluding carboxylic acids is 2. The molecule has 1 aromatic heterocycles. The number of hydrogen-bond donors (Lipinski definition) is 0. The Balaban J connectivity index is 1.94. The number of halogens is 1. The molecule has 0 aliphatic heterocycles. The number of carbonyl (C=O) groups is 2. The van der Waals surface area contributed by atoms with Crippen LogP contribution in [-0.4, -0.2) is 16.6 Å². The van der Waals surface area contributed by atoms with Gasteiger partial charge in [0, 0.05) is 23.5 Å². The summed E-state index contributed by atoms with van der Waals surface area (Å²) >= 11 is 0. The van der Waals surface area contributed by atoms with E-state index in [1.807, 2.05) is 0 Å². The summed E-state index contributed by atoms with van der Waals surface area (Å²) in [6.45, 7) is 0. The lowest BCUT2D eigenvalue weighted by Crippen LogP contribution is -2.20. The molecule has 94 valence electrons. The minimum absolute atomic E-state index is 0.225. The van der Waals surface area contributed by atoms with Crippen molar-refractivity contribution in [3.8, 4) is 0 Å². The van der Waals surface area contributed by atoms with Gasteiger partial charge in [-0.05, 0) is 42.3 Å². The lowest BCUT2D eigenvalue weighted by molar-refractivity contribution is 0.0822. The fourth-order valence-corrected chi connectivity index (χ4v) is 2.40. The van der Waals surface area contributed by atoms with Crippen LogP contribution in [0.2, 0.25) is 0 Å². The van der Waals surface area contributed by atoms with Crippen LogP contribution in [0.15, 0.2) is 42.7 Å². The first-order valence-corrected chi connectivity index (χ1v) is 5.93. The molecule has 4 heteroatoms. The molecule has 0 bridgehead atoms. The van der Waals surface area contributed by atoms with Gasteiger partial charge in [0.05, 0.1) is 5.92 Å². The van der Waals surface area contributed by atoms with E-state index in [1.54, 1.807) is 12.1 Å². The van der Waals surface area contributed by atoms with E-state index in [-0.39, 0.29) is 23.8 Å². The van der Waals surface area contributed by atoms with E-state index >= 15 is 0 Å². The summed E-state index contributed by atoms with van der Waals surface area (Å²) in [5, 5.41) is 0. The standard InChI is InChI=1S/C15H10FNO2/c16-11-1-2-12-10(7-11)8-13(15(12)19)14(18)9-3-5-17-6-4-9/h1-7,13H,8H2. The first-order valence-electron chi connectivity index (χ1n) is 5.93. The molecule has 0 saturated carbocycles. The average Bonchev–Trinajstić information content (AvgIpc) is 2.75. The molecule has 0 fully saturated rings. The van der Waals surface area contributed by atoms with Crippen molar-refractivity contribution < 1.29 is 14.0 Å². The number of hydrogen-bond acceptors (Lipinski definition) is 3. The molecule has 1 unspecified atom stereocenters. The average molecular weight is 255 g/mol. The lowest BCUT2D eigenvalue weighted by Gasteiger charge is -2.06. The van der Waals surface area contributed by atoms with Gasteiger partial charge in [0.1, 0.15) is 5.82 Å². The quantitative estimate of drug-likeness (QED) is 0.611. The number of Topliss-reactive ketones (excluding diaryl/α,β-unsaturated/α-hetero) is 2. The predicted molar refractivity (Wildman–Crippen MR) is 66.5 cm³/mol. The largest absolute Gasteiger partial charge is 0.293 e. The molecule has 0 N–H and O–H groups in total. The van der Waals surface area contributed by atoms with E-state index in [2.05, 4.69) is 4.98 Å². The molecule has 1 heterocycles. The van der Waals surface area contributed by atoms with Crippen molar-refractivity contribution in [2.24, 2.45) is 5.92 Å². The van der Waals surface area contributed by atoms with Crippen molar-refractivity contribution in [1.29, 1.82) is 0 Å². The monoisotopic (exact) mass is 255 g/mol. The van der Waals surface area contributed by atoms with Crippen molar-refractivity contribution in [1.82, 2.24) is 4.98 Å². The number of ketones is 2. The Hall–Kier alpha value is -2.36. The summed E-state index contributed by atoms with van der Waals surface area (Å²) in [6, 6.07) is 7.19. The van der Waals surface area contributed by atoms with E-state index in [0.29, 0.717) is 16.7 Å². The topological polar surface area (TPSA) is 47.0 Å². The Morgan fingerprint density at radius 2 is 1.95 bits per heavy atom. The molecule has 3 rings (SSSR count). The molecule has 2 aromatic rings. The van der Waals surface area contributed by atoms with Crippen molar-refractivity contribution in [2.75, 3.05) is 0 Å². The van der Waals surface area contributed by atoms with Gasteiger partial charge in [0.2, 0.25) is 0 Å². The van der Waals surface area contributed by atoms with Crippen molar-refractivity contribution >= 4 is 11.6 Å². The van der Waals surface area contributed by atoms with E-state index in [9.17, 15) is 14.0 Å². The summed E-state index contributed by atoms with van der Waals surface area (Å²) in [6.07, 6.45) is 3.30. The zero-order chi connectivity index (χ0) is 13.4. The second-order valence-electron chi connectivity index (χ2n) is 4.52. The molecule has 0 amide bonds. The molecule has 1 aliphatic carbocycles. The molecule has 1 aromatic carbocycles. The number of pyridine rings is 1. The van der Waals surface area contributed by atoms with Gasteiger partial charge in [-0.3, -0.25) is 14.6 Å². The van der Waals surface area contributed by atoms with Crippen LogP contribution in [0.1, 0.15) is 26.3 Å². The lowest BCUT2D eigenvalue weighted by atomic mass is 9.95. The van der Waals surface area contributed by atoms with Crippen molar-refractivity contribution in [3.05, 3.63) is 65.2 Å². The second-order valence-corrected chi connectivity index (χ2v) is 4.52. The second kappa shape index (κ2) is 4.39. The Kier molecular flexibility index (Phi) is 2.71. The van der Waals surface area contributed by atoms with Crippen molar-refractivity contribution in [3.63, 3.8) is 0 Å². The fraction of sp³-hybridized carbons (Fsp3) is 0.133. The highest BCUT2D eigenvalue weighted by Gasteiger charge is 2.36. The zero-order valence-electron chi connectivity index (χ0n) is 9.97. The molecule has 19 heavy (non-hydrogen) atoms. The zero-order valence-corrected chi connectivity index (χ0v) is 9.97. The van der Waals surface area contributed by atoms with E-state index < -0.39 is 5.92 Å². The van der Waals surface area contributed by atoms with Crippen molar-refractivity contribution in [2.45, 2.75) is 6.42 Å². The fourth-order valence-electron chi connectivity index (χ4n) is 2.40. The summed E-state index contributed by atoms with van der Waals surface area (Å²) in [5.41, 5.74) is 1.52. The van der Waals surface area contributed by atoms with Crippen LogP contribution >= 0.6 is 0 Å². The maximum Gasteiger partial charge on any atom is 0.174 e. The first kappa shape index (κ1) is 11.7. The Labute approximate surface area is 109 Å². The maximum absolute atomic E-state index is 13.1. The summed E-state index contributed by atoms with van der Waals surface area (Å²) in [5.74, 6) is -1.58. The Morgan fingerprint density at radius 1 is 1.21 bits per heavy atom. The molecular formula is C15H10FNO2. The van der Waals surface area contributed by atoms with Crippen LogP contribution in [0.3, 0.4) is 0 Å². The van der Waals surface area contributed by atoms with E-state index in [1.165, 1.54) is 30.6 Å². The van der Waals surface area contributed by atoms with Crippen LogP contribution in [0.5, 0.6) is 0 Å². The smallest absolute Gasteiger partial charge is 0.174 e. The van der Waals surface area contributed by atoms with Gasteiger partial charge < -0.3 is 0 Å². The Morgan fingerprint density at radius 3 is 2.68 bits per heavy atom.